The van der Waals surface area contributed by atoms with E-state index in [4.69, 9.17) is 23.7 Å². The summed E-state index contributed by atoms with van der Waals surface area (Å²) in [6.07, 6.45) is 10.8. The number of piperidine rings is 1. The molecule has 0 radical (unpaired) electrons. The van der Waals surface area contributed by atoms with E-state index in [1.54, 1.807) is 39.3 Å². The molecule has 326 valence electrons. The molecule has 62 heavy (non-hydrogen) atoms. The van der Waals surface area contributed by atoms with Crippen LogP contribution in [0, 0.1) is 5.92 Å². The van der Waals surface area contributed by atoms with Crippen molar-refractivity contribution in [3.05, 3.63) is 117 Å². The fourth-order valence-corrected chi connectivity index (χ4v) is 10.0. The first kappa shape index (κ1) is 43.4. The minimum absolute atomic E-state index is 0.0505. The van der Waals surface area contributed by atoms with Gasteiger partial charge in [-0.05, 0) is 117 Å². The van der Waals surface area contributed by atoms with Crippen molar-refractivity contribution in [1.29, 1.82) is 0 Å². The van der Waals surface area contributed by atoms with E-state index in [2.05, 4.69) is 68.9 Å². The Hall–Kier alpha value is -5.21. The number of ketones is 1. The van der Waals surface area contributed by atoms with Crippen LogP contribution in [-0.4, -0.2) is 94.2 Å². The quantitative estimate of drug-likeness (QED) is 0.116. The minimum Gasteiger partial charge on any atom is -0.507 e. The van der Waals surface area contributed by atoms with Crippen LogP contribution in [0.1, 0.15) is 82.6 Å². The number of aromatic hydroxyl groups is 1. The van der Waals surface area contributed by atoms with Crippen molar-refractivity contribution in [1.82, 2.24) is 14.5 Å². The van der Waals surface area contributed by atoms with E-state index in [0.717, 1.165) is 29.4 Å². The molecule has 0 bridgehead atoms. The lowest BCUT2D eigenvalue weighted by molar-refractivity contribution is -0.131. The molecule has 2 N–H and O–H groups in total. The van der Waals surface area contributed by atoms with Crippen LogP contribution in [-0.2, 0) is 41.4 Å². The van der Waals surface area contributed by atoms with Crippen LogP contribution in [0.25, 0.3) is 17.0 Å². The molecule has 3 aliphatic heterocycles. The summed E-state index contributed by atoms with van der Waals surface area (Å²) in [6, 6.07) is 15.2. The molecule has 1 aliphatic carbocycles. The van der Waals surface area contributed by atoms with Gasteiger partial charge in [0.1, 0.15) is 39.8 Å². The number of hydrogen-bond acceptors (Lipinski definition) is 11. The third-order valence-corrected chi connectivity index (χ3v) is 13.2. The number of aliphatic hydroxyl groups is 1. The Morgan fingerprint density at radius 2 is 1.77 bits per heavy atom. The lowest BCUT2D eigenvalue weighted by Gasteiger charge is -2.53. The topological polar surface area (TPSA) is 142 Å². The summed E-state index contributed by atoms with van der Waals surface area (Å²) in [5.74, 6) is 1.20. The number of aromatic nitrogens is 2. The summed E-state index contributed by atoms with van der Waals surface area (Å²) in [7, 11) is 7.63. The molecule has 0 saturated carbocycles. The zero-order chi connectivity index (χ0) is 44.3. The average molecular weight is 909 g/mol. The Bertz CT molecular complexity index is 2600. The third kappa shape index (κ3) is 8.00. The molecule has 0 amide bonds. The molecule has 2 aromatic heterocycles. The second-order valence-electron chi connectivity index (χ2n) is 18.0. The number of nitrogens with zero attached hydrogens (tertiary/aromatic N) is 3. The largest absolute Gasteiger partial charge is 0.507 e. The summed E-state index contributed by atoms with van der Waals surface area (Å²) < 4.78 is 32.4. The van der Waals surface area contributed by atoms with E-state index in [0.29, 0.717) is 47.0 Å². The maximum atomic E-state index is 13.1. The molecule has 12 nitrogen and oxygen atoms in total. The van der Waals surface area contributed by atoms with Crippen LogP contribution in [0.15, 0.2) is 77.7 Å². The Morgan fingerprint density at radius 3 is 2.52 bits per heavy atom. The molecule has 1 fully saturated rings. The highest BCUT2D eigenvalue weighted by atomic mass is 79.9. The number of methoxy groups -OCH3 is 2. The van der Waals surface area contributed by atoms with Crippen LogP contribution in [0.3, 0.4) is 0 Å². The van der Waals surface area contributed by atoms with E-state index < -0.39 is 22.9 Å². The number of benzene rings is 3. The maximum absolute atomic E-state index is 13.1. The summed E-state index contributed by atoms with van der Waals surface area (Å²) >= 11 is 3.35. The smallest absolute Gasteiger partial charge is 0.339 e. The number of aliphatic hydroxyl groups excluding tert-OH is 1. The number of Topliss-reactive ketones (excluding diaryl/α,β-unsaturated/α-hetero) is 1. The van der Waals surface area contributed by atoms with Gasteiger partial charge in [0, 0.05) is 91.1 Å². The van der Waals surface area contributed by atoms with Crippen LogP contribution in [0.5, 0.6) is 23.0 Å². The number of aryl methyl sites for hydroxylation is 1. The zero-order valence-electron chi connectivity index (χ0n) is 36.5. The first-order valence-corrected chi connectivity index (χ1v) is 21.7. The van der Waals surface area contributed by atoms with E-state index in [1.807, 2.05) is 45.2 Å². The van der Waals surface area contributed by atoms with Gasteiger partial charge in [-0.1, -0.05) is 18.2 Å². The molecule has 4 unspecified atom stereocenters. The van der Waals surface area contributed by atoms with E-state index in [1.165, 1.54) is 34.3 Å². The standard InChI is InChI=1S/C25H28O6.C24H26BrN3O3/c1-24(2)9-8-16-20(30-24)7-6-14(23(16)29-5)11-18(26)17-10-15-12-22(28)25(3,4)31-21(15)13-19(17)27;1-27-13-17-8-21-24(30-3,19-5-4-6-20(27)22(17)19)9-15(12-28(21)2)14-31-23(29)16-7-18(25)11-26-10-16/h6-10,13,22,27-28H,11-12H2,1-5H3;4-7,10-11,13,15,21H,8-9,12,14H2,1-3H3. The van der Waals surface area contributed by atoms with Gasteiger partial charge in [-0.2, -0.15) is 0 Å². The summed E-state index contributed by atoms with van der Waals surface area (Å²) in [4.78, 5) is 32.1. The first-order chi connectivity index (χ1) is 29.4. The molecular weight excluding hydrogens is 854 g/mol. The number of esters is 1. The van der Waals surface area contributed by atoms with Crippen molar-refractivity contribution >= 4 is 44.7 Å². The predicted octanol–water partition coefficient (Wildman–Crippen LogP) is 8.00. The van der Waals surface area contributed by atoms with E-state index in [-0.39, 0.29) is 41.4 Å². The van der Waals surface area contributed by atoms with Crippen molar-refractivity contribution in [2.45, 2.75) is 82.3 Å². The number of ether oxygens (including phenoxy) is 5. The number of hydrogen-bond donors (Lipinski definition) is 2. The highest BCUT2D eigenvalue weighted by Gasteiger charge is 2.52. The van der Waals surface area contributed by atoms with Gasteiger partial charge in [0.25, 0.3) is 0 Å². The number of rotatable bonds is 8. The molecule has 4 atom stereocenters. The van der Waals surface area contributed by atoms with Crippen molar-refractivity contribution in [3.8, 4) is 23.0 Å². The average Bonchev–Trinajstić information content (AvgIpc) is 3.55. The van der Waals surface area contributed by atoms with Gasteiger partial charge in [-0.3, -0.25) is 14.7 Å². The summed E-state index contributed by atoms with van der Waals surface area (Å²) in [6.45, 7) is 8.73. The number of carbonyl (C=O) groups excluding carboxylic acids is 2. The Morgan fingerprint density at radius 1 is 0.984 bits per heavy atom. The number of likely N-dealkylation sites (tertiary alicyclic amines) is 1. The number of carbonyl (C=O) groups is 2. The molecule has 4 aliphatic rings. The lowest BCUT2D eigenvalue weighted by Crippen LogP contribution is -2.59. The number of phenolic OH excluding ortho intramolecular Hbond substituents is 1. The van der Waals surface area contributed by atoms with Gasteiger partial charge in [0.15, 0.2) is 5.78 Å². The summed E-state index contributed by atoms with van der Waals surface area (Å²) in [5.41, 5.74) is 5.12. The molecule has 1 saturated heterocycles. The summed E-state index contributed by atoms with van der Waals surface area (Å²) in [5, 5.41) is 22.1. The van der Waals surface area contributed by atoms with Crippen LogP contribution in [0.4, 0.5) is 0 Å². The molecule has 0 spiro atoms. The Kier molecular flexibility index (Phi) is 11.6. The second-order valence-corrected chi connectivity index (χ2v) is 18.9. The first-order valence-electron chi connectivity index (χ1n) is 20.9. The Labute approximate surface area is 370 Å². The van der Waals surface area contributed by atoms with Crippen molar-refractivity contribution in [2.24, 2.45) is 13.0 Å². The minimum atomic E-state index is -0.758. The van der Waals surface area contributed by atoms with E-state index in [9.17, 15) is 19.8 Å². The molecule has 5 heterocycles. The molecule has 3 aromatic carbocycles. The number of halogens is 1. The van der Waals surface area contributed by atoms with Gasteiger partial charge in [0.2, 0.25) is 0 Å². The number of fused-ring (bicyclic) bond motifs is 4. The fourth-order valence-electron chi connectivity index (χ4n) is 9.65. The van der Waals surface area contributed by atoms with Crippen LogP contribution in [0.2, 0.25) is 0 Å². The maximum Gasteiger partial charge on any atom is 0.339 e. The van der Waals surface area contributed by atoms with Crippen molar-refractivity contribution in [2.75, 3.05) is 34.4 Å². The normalized spacial score (nSPS) is 22.8. The number of pyridine rings is 1. The number of phenols is 1. The third-order valence-electron chi connectivity index (χ3n) is 12.8. The molecule has 9 rings (SSSR count). The molecule has 13 heteroatoms. The zero-order valence-corrected chi connectivity index (χ0v) is 38.0. The van der Waals surface area contributed by atoms with Gasteiger partial charge >= 0.3 is 5.97 Å². The second kappa shape index (κ2) is 16.5. The van der Waals surface area contributed by atoms with Crippen LogP contribution < -0.4 is 14.2 Å². The van der Waals surface area contributed by atoms with Gasteiger partial charge in [-0.25, -0.2) is 4.79 Å². The lowest BCUT2D eigenvalue weighted by atomic mass is 9.69. The van der Waals surface area contributed by atoms with E-state index >= 15 is 0 Å². The van der Waals surface area contributed by atoms with Crippen molar-refractivity contribution < 1.29 is 43.5 Å². The van der Waals surface area contributed by atoms with Gasteiger partial charge < -0.3 is 38.5 Å². The number of likely N-dealkylation sites (N-methyl/N-ethyl adjacent to an activating group) is 1. The molecular formula is C49H54BrN3O9. The predicted molar refractivity (Wildman–Crippen MR) is 239 cm³/mol. The van der Waals surface area contributed by atoms with Gasteiger partial charge in [0.05, 0.1) is 36.5 Å². The Balaban J connectivity index is 0.000000171. The molecule has 5 aromatic rings. The van der Waals surface area contributed by atoms with Crippen LogP contribution >= 0.6 is 15.9 Å². The van der Waals surface area contributed by atoms with Crippen molar-refractivity contribution in [3.63, 3.8) is 0 Å². The monoisotopic (exact) mass is 907 g/mol. The fraction of sp³-hybridized carbons (Fsp3) is 0.408. The van der Waals surface area contributed by atoms with Gasteiger partial charge in [-0.15, -0.1) is 0 Å². The highest BCUT2D eigenvalue weighted by Crippen LogP contribution is 2.50. The SMILES string of the molecule is COC12CC(COC(=O)c3cncc(Br)c3)CN(C)C1Cc1cn(C)c3cccc2c13.COc1c(CC(=O)c2cc3c(cc2O)OC(C)(C)C(O)C3)ccc2c1C=CC(C)(C)O2. The highest BCUT2D eigenvalue weighted by molar-refractivity contribution is 9.10.